The zero-order valence-corrected chi connectivity index (χ0v) is 14.8. The molecule has 0 saturated heterocycles. The van der Waals surface area contributed by atoms with Crippen LogP contribution in [0.4, 0.5) is 0 Å². The lowest BCUT2D eigenvalue weighted by atomic mass is 9.95. The zero-order chi connectivity index (χ0) is 17.2. The van der Waals surface area contributed by atoms with Crippen molar-refractivity contribution in [2.45, 2.75) is 49.8 Å². The third kappa shape index (κ3) is 2.46. The highest BCUT2D eigenvalue weighted by molar-refractivity contribution is 7.90. The molecule has 0 amide bonds. The summed E-state index contributed by atoms with van der Waals surface area (Å²) in [6.45, 7) is 2.20. The van der Waals surface area contributed by atoms with Crippen molar-refractivity contribution in [2.24, 2.45) is 5.92 Å². The van der Waals surface area contributed by atoms with Gasteiger partial charge in [0.2, 0.25) is 10.0 Å². The monoisotopic (exact) mass is 359 g/mol. The summed E-state index contributed by atoms with van der Waals surface area (Å²) >= 11 is 0. The molecule has 3 aromatic heterocycles. The molecule has 5 rings (SSSR count). The normalized spacial score (nSPS) is 27.5. The molecular weight excluding hydrogens is 338 g/mol. The van der Waals surface area contributed by atoms with E-state index in [-0.39, 0.29) is 17.2 Å². The van der Waals surface area contributed by atoms with Crippen molar-refractivity contribution >= 4 is 26.8 Å². The summed E-state index contributed by atoms with van der Waals surface area (Å²) in [5.41, 5.74) is 3.82. The summed E-state index contributed by atoms with van der Waals surface area (Å²) in [6.07, 6.45) is 8.85. The third-order valence-electron chi connectivity index (χ3n) is 5.63. The molecule has 3 aromatic rings. The molecule has 0 spiro atoms. The van der Waals surface area contributed by atoms with Gasteiger partial charge in [-0.3, -0.25) is 4.40 Å². The highest BCUT2D eigenvalue weighted by atomic mass is 32.2. The van der Waals surface area contributed by atoms with E-state index in [9.17, 15) is 8.42 Å². The molecule has 0 aliphatic heterocycles. The molecule has 3 atom stereocenters. The largest absolute Gasteiger partial charge is 0.345 e. The molecule has 0 unspecified atom stereocenters. The van der Waals surface area contributed by atoms with E-state index in [4.69, 9.17) is 0 Å². The van der Waals surface area contributed by atoms with Gasteiger partial charge in [0, 0.05) is 30.0 Å². The van der Waals surface area contributed by atoms with Gasteiger partial charge in [-0.1, -0.05) is 6.92 Å². The van der Waals surface area contributed by atoms with Gasteiger partial charge in [0.1, 0.15) is 0 Å². The van der Waals surface area contributed by atoms with E-state index in [1.165, 1.54) is 0 Å². The second-order valence-corrected chi connectivity index (χ2v) is 9.45. The first-order valence-corrected chi connectivity index (χ1v) is 10.4. The van der Waals surface area contributed by atoms with Crippen molar-refractivity contribution in [3.63, 3.8) is 0 Å². The maximum atomic E-state index is 12.3. The van der Waals surface area contributed by atoms with E-state index in [2.05, 4.69) is 31.0 Å². The number of rotatable bonds is 4. The number of H-pyrrole nitrogens is 1. The fourth-order valence-electron chi connectivity index (χ4n) is 4.22. The molecule has 8 heteroatoms. The summed E-state index contributed by atoms with van der Waals surface area (Å²) in [6, 6.07) is 2.02. The van der Waals surface area contributed by atoms with E-state index in [0.29, 0.717) is 5.92 Å². The minimum atomic E-state index is -3.14. The smallest absolute Gasteiger partial charge is 0.214 e. The maximum absolute atomic E-state index is 12.3. The lowest BCUT2D eigenvalue weighted by molar-refractivity contribution is 0.517. The first-order valence-electron chi connectivity index (χ1n) is 8.83. The summed E-state index contributed by atoms with van der Waals surface area (Å²) in [5.74, 6) is 0.677. The molecule has 7 nitrogen and oxygen atoms in total. The Balaban J connectivity index is 1.49. The number of aromatic nitrogens is 4. The second kappa shape index (κ2) is 5.28. The predicted molar refractivity (Wildman–Crippen MR) is 94.8 cm³/mol. The van der Waals surface area contributed by atoms with Crippen LogP contribution in [0.25, 0.3) is 16.8 Å². The van der Waals surface area contributed by atoms with Gasteiger partial charge in [-0.2, -0.15) is 0 Å². The van der Waals surface area contributed by atoms with Gasteiger partial charge >= 0.3 is 0 Å². The van der Waals surface area contributed by atoms with Crippen molar-refractivity contribution < 1.29 is 8.42 Å². The minimum Gasteiger partial charge on any atom is -0.345 e. The molecule has 25 heavy (non-hydrogen) atoms. The number of hydrogen-bond donors (Lipinski definition) is 2. The summed E-state index contributed by atoms with van der Waals surface area (Å²) < 4.78 is 29.6. The van der Waals surface area contributed by atoms with Crippen LogP contribution in [0.3, 0.4) is 0 Å². The molecular formula is C17H21N5O2S. The zero-order valence-electron chi connectivity index (χ0n) is 14.0. The van der Waals surface area contributed by atoms with Crippen LogP contribution in [0, 0.1) is 5.92 Å². The quantitative estimate of drug-likeness (QED) is 0.747. The predicted octanol–water partition coefficient (Wildman–Crippen LogP) is 2.17. The molecule has 2 fully saturated rings. The average molecular weight is 359 g/mol. The van der Waals surface area contributed by atoms with Crippen molar-refractivity contribution in [1.29, 1.82) is 0 Å². The minimum absolute atomic E-state index is 0.0136. The number of nitrogens with zero attached hydrogens (tertiary/aromatic N) is 3. The average Bonchev–Trinajstić information content (AvgIpc) is 3.03. The van der Waals surface area contributed by atoms with Crippen LogP contribution in [-0.2, 0) is 10.0 Å². The van der Waals surface area contributed by atoms with Crippen molar-refractivity contribution in [2.75, 3.05) is 0 Å². The van der Waals surface area contributed by atoms with E-state index in [0.717, 1.165) is 48.2 Å². The van der Waals surface area contributed by atoms with Crippen molar-refractivity contribution in [1.82, 2.24) is 24.1 Å². The van der Waals surface area contributed by atoms with Gasteiger partial charge in [0.15, 0.2) is 11.3 Å². The first-order chi connectivity index (χ1) is 12.0. The molecule has 0 bridgehead atoms. The molecule has 2 N–H and O–H groups in total. The lowest BCUT2D eigenvalue weighted by Crippen LogP contribution is -2.35. The van der Waals surface area contributed by atoms with Gasteiger partial charge in [-0.25, -0.2) is 23.1 Å². The Labute approximate surface area is 145 Å². The molecule has 2 aliphatic carbocycles. The highest BCUT2D eigenvalue weighted by Gasteiger charge is 2.41. The molecule has 0 aromatic carbocycles. The fraction of sp³-hybridized carbons (Fsp3) is 0.529. The molecule has 3 heterocycles. The lowest BCUT2D eigenvalue weighted by Gasteiger charge is -2.15. The summed E-state index contributed by atoms with van der Waals surface area (Å²) in [4.78, 5) is 12.0. The maximum Gasteiger partial charge on any atom is 0.214 e. The first kappa shape index (κ1) is 15.3. The Morgan fingerprint density at radius 2 is 2.08 bits per heavy atom. The molecule has 2 aliphatic rings. The highest BCUT2D eigenvalue weighted by Crippen LogP contribution is 2.41. The number of nitrogens with one attached hydrogen (secondary N) is 2. The number of imidazole rings is 1. The van der Waals surface area contributed by atoms with Gasteiger partial charge in [0.05, 0.1) is 17.0 Å². The third-order valence-corrected chi connectivity index (χ3v) is 7.64. The number of hydrogen-bond acceptors (Lipinski definition) is 4. The number of aromatic amines is 1. The second-order valence-electron chi connectivity index (χ2n) is 7.46. The Bertz CT molecular complexity index is 1050. The Morgan fingerprint density at radius 3 is 2.88 bits per heavy atom. The van der Waals surface area contributed by atoms with Crippen molar-refractivity contribution in [3.8, 4) is 0 Å². The number of sulfonamides is 1. The van der Waals surface area contributed by atoms with E-state index in [1.807, 2.05) is 18.5 Å². The summed E-state index contributed by atoms with van der Waals surface area (Å²) in [5, 5.41) is -0.164. The standard InChI is InChI=1S/C17H21N5O2S/c1-10-6-11(21-25(23,24)12-2-3-12)7-13(10)15-8-19-16-9-20-17-14(22(15)16)4-5-18-17/h4-5,8-13,18,21H,2-3,6-7H2,1H3/t10-,11+,13+/m1/s1. The van der Waals surface area contributed by atoms with E-state index < -0.39 is 10.0 Å². The van der Waals surface area contributed by atoms with Gasteiger partial charge in [0.25, 0.3) is 0 Å². The van der Waals surface area contributed by atoms with E-state index >= 15 is 0 Å². The molecule has 2 saturated carbocycles. The van der Waals surface area contributed by atoms with Crippen LogP contribution in [0.5, 0.6) is 0 Å². The Hall–Kier alpha value is -1.93. The van der Waals surface area contributed by atoms with Crippen molar-refractivity contribution in [3.05, 3.63) is 30.4 Å². The molecule has 0 radical (unpaired) electrons. The van der Waals surface area contributed by atoms with Crippen LogP contribution in [0.15, 0.2) is 24.7 Å². The van der Waals surface area contributed by atoms with Gasteiger partial charge < -0.3 is 4.98 Å². The van der Waals surface area contributed by atoms with E-state index in [1.54, 1.807) is 6.20 Å². The topological polar surface area (TPSA) is 92.2 Å². The van der Waals surface area contributed by atoms with Crippen LogP contribution in [-0.4, -0.2) is 39.1 Å². The SMILES string of the molecule is C[C@@H]1C[C@H](NS(=O)(=O)C2CC2)C[C@@H]1c1cnc2cnc3[nH]ccc3n12. The number of fused-ring (bicyclic) bond motifs is 3. The van der Waals surface area contributed by atoms with Gasteiger partial charge in [-0.05, 0) is 37.7 Å². The van der Waals surface area contributed by atoms with Crippen LogP contribution < -0.4 is 4.72 Å². The van der Waals surface area contributed by atoms with Gasteiger partial charge in [-0.15, -0.1) is 0 Å². The summed E-state index contributed by atoms with van der Waals surface area (Å²) in [7, 11) is -3.14. The van der Waals surface area contributed by atoms with Crippen LogP contribution >= 0.6 is 0 Å². The Morgan fingerprint density at radius 1 is 1.24 bits per heavy atom. The fourth-order valence-corrected chi connectivity index (χ4v) is 5.82. The van der Waals surface area contributed by atoms with Crippen LogP contribution in [0.1, 0.15) is 44.2 Å². The molecule has 132 valence electrons. The van der Waals surface area contributed by atoms with Crippen LogP contribution in [0.2, 0.25) is 0 Å². The Kier molecular flexibility index (Phi) is 3.24.